The number of halogens is 1. The van der Waals surface area contributed by atoms with E-state index in [4.69, 9.17) is 5.73 Å². The van der Waals surface area contributed by atoms with Crippen LogP contribution in [0.5, 0.6) is 0 Å². The van der Waals surface area contributed by atoms with Gasteiger partial charge in [-0.1, -0.05) is 6.42 Å². The van der Waals surface area contributed by atoms with Gasteiger partial charge in [0.05, 0.1) is 9.49 Å². The number of amides is 2. The average molecular weight is 549 g/mol. The van der Waals surface area contributed by atoms with Crippen LogP contribution < -0.4 is 16.4 Å². The number of carbonyl (C=O) groups excluding carboxylic acids is 2. The summed E-state index contributed by atoms with van der Waals surface area (Å²) in [7, 11) is 2.07. The maximum Gasteiger partial charge on any atom is 0.253 e. The molecular formula is C22H28IN7O2. The molecule has 2 fully saturated rings. The number of rotatable bonds is 6. The number of aromatic nitrogens is 2. The monoisotopic (exact) mass is 549 g/mol. The normalized spacial score (nSPS) is 21.4. The van der Waals surface area contributed by atoms with Crippen LogP contribution in [-0.2, 0) is 4.79 Å². The minimum absolute atomic E-state index is 0.0105. The second-order valence-electron chi connectivity index (χ2n) is 8.38. The van der Waals surface area contributed by atoms with Gasteiger partial charge in [0.15, 0.2) is 0 Å². The topological polar surface area (TPSA) is 116 Å². The van der Waals surface area contributed by atoms with Crippen LogP contribution in [0.3, 0.4) is 0 Å². The van der Waals surface area contributed by atoms with Gasteiger partial charge in [-0.15, -0.1) is 0 Å². The fraction of sp³-hybridized carbons (Fsp3) is 0.455. The van der Waals surface area contributed by atoms with Crippen molar-refractivity contribution >= 4 is 51.9 Å². The van der Waals surface area contributed by atoms with Gasteiger partial charge < -0.3 is 26.2 Å². The van der Waals surface area contributed by atoms with Gasteiger partial charge in [-0.2, -0.15) is 4.98 Å². The first-order chi connectivity index (χ1) is 15.4. The van der Waals surface area contributed by atoms with Crippen LogP contribution in [0.1, 0.15) is 29.6 Å². The van der Waals surface area contributed by atoms with Gasteiger partial charge in [0, 0.05) is 49.7 Å². The quantitative estimate of drug-likeness (QED) is 0.474. The Hall–Kier alpha value is -2.47. The summed E-state index contributed by atoms with van der Waals surface area (Å²) in [6.45, 7) is 3.29. The van der Waals surface area contributed by atoms with E-state index in [0.717, 1.165) is 54.7 Å². The Morgan fingerprint density at radius 3 is 2.53 bits per heavy atom. The van der Waals surface area contributed by atoms with Crippen molar-refractivity contribution in [1.29, 1.82) is 0 Å². The molecule has 0 unspecified atom stereocenters. The highest BCUT2D eigenvalue weighted by Gasteiger charge is 2.32. The summed E-state index contributed by atoms with van der Waals surface area (Å²) in [5, 5.41) is 6.57. The Balaban J connectivity index is 1.41. The highest BCUT2D eigenvalue weighted by molar-refractivity contribution is 14.1. The number of nitrogens with zero attached hydrogens (tertiary/aromatic N) is 4. The van der Waals surface area contributed by atoms with Crippen molar-refractivity contribution in [1.82, 2.24) is 19.8 Å². The minimum Gasteiger partial charge on any atom is -0.369 e. The number of hydrogen-bond acceptors (Lipinski definition) is 7. The van der Waals surface area contributed by atoms with Crippen molar-refractivity contribution in [3.8, 4) is 0 Å². The van der Waals surface area contributed by atoms with Gasteiger partial charge in [0.2, 0.25) is 11.9 Å². The molecule has 170 valence electrons. The first-order valence-electron chi connectivity index (χ1n) is 10.8. The molecule has 9 nitrogen and oxygen atoms in total. The zero-order valence-corrected chi connectivity index (χ0v) is 20.2. The standard InChI is InChI=1S/C22H28IN7O2/c1-29-9-11-30(12-10-29)21(32)14-5-7-15(8-6-14)26-22-25-13-17(23)20(28-22)27-18-4-2-3-16(18)19(24)31/h5-8,13,16,18H,2-4,9-12H2,1H3,(H2,24,31)(H2,25,26,27,28)/t16-,18+/m0/s1. The second-order valence-corrected chi connectivity index (χ2v) is 9.54. The van der Waals surface area contributed by atoms with Gasteiger partial charge in [-0.3, -0.25) is 9.59 Å². The fourth-order valence-corrected chi connectivity index (χ4v) is 4.61. The lowest BCUT2D eigenvalue weighted by atomic mass is 10.0. The van der Waals surface area contributed by atoms with Crippen molar-refractivity contribution in [3.63, 3.8) is 0 Å². The Kier molecular flexibility index (Phi) is 7.09. The van der Waals surface area contributed by atoms with E-state index >= 15 is 0 Å². The zero-order chi connectivity index (χ0) is 22.7. The molecule has 2 atom stereocenters. The summed E-state index contributed by atoms with van der Waals surface area (Å²) in [5.41, 5.74) is 7.01. The first-order valence-corrected chi connectivity index (χ1v) is 11.9. The van der Waals surface area contributed by atoms with Crippen LogP contribution in [0.4, 0.5) is 17.5 Å². The predicted molar refractivity (Wildman–Crippen MR) is 132 cm³/mol. The van der Waals surface area contributed by atoms with E-state index in [1.165, 1.54) is 0 Å². The molecule has 2 heterocycles. The van der Waals surface area contributed by atoms with Gasteiger partial charge in [0.25, 0.3) is 5.91 Å². The molecule has 2 aromatic rings. The third-order valence-electron chi connectivity index (χ3n) is 6.13. The number of piperazine rings is 1. The number of nitrogens with one attached hydrogen (secondary N) is 2. The van der Waals surface area contributed by atoms with Crippen molar-refractivity contribution in [3.05, 3.63) is 39.6 Å². The maximum absolute atomic E-state index is 12.7. The third-order valence-corrected chi connectivity index (χ3v) is 6.92. The molecule has 32 heavy (non-hydrogen) atoms. The first kappa shape index (κ1) is 22.7. The lowest BCUT2D eigenvalue weighted by Crippen LogP contribution is -2.47. The molecule has 10 heteroatoms. The van der Waals surface area contributed by atoms with E-state index in [-0.39, 0.29) is 23.8 Å². The van der Waals surface area contributed by atoms with Crippen molar-refractivity contribution in [2.75, 3.05) is 43.9 Å². The van der Waals surface area contributed by atoms with E-state index < -0.39 is 0 Å². The van der Waals surface area contributed by atoms with Gasteiger partial charge >= 0.3 is 0 Å². The molecule has 0 radical (unpaired) electrons. The summed E-state index contributed by atoms with van der Waals surface area (Å²) in [5.74, 6) is 0.737. The molecule has 1 aliphatic heterocycles. The maximum atomic E-state index is 12.7. The summed E-state index contributed by atoms with van der Waals surface area (Å²) in [6.07, 6.45) is 4.40. The van der Waals surface area contributed by atoms with E-state index in [2.05, 4.69) is 55.1 Å². The summed E-state index contributed by atoms with van der Waals surface area (Å²) >= 11 is 2.18. The molecule has 0 spiro atoms. The number of likely N-dealkylation sites (N-methyl/N-ethyl adjacent to an activating group) is 1. The molecule has 2 aliphatic rings. The van der Waals surface area contributed by atoms with Crippen LogP contribution in [0.25, 0.3) is 0 Å². The lowest BCUT2D eigenvalue weighted by Gasteiger charge is -2.32. The summed E-state index contributed by atoms with van der Waals surface area (Å²) < 4.78 is 0.872. The van der Waals surface area contributed by atoms with E-state index in [1.807, 2.05) is 29.2 Å². The lowest BCUT2D eigenvalue weighted by molar-refractivity contribution is -0.121. The summed E-state index contributed by atoms with van der Waals surface area (Å²) in [6, 6.07) is 7.36. The molecule has 2 amide bonds. The third kappa shape index (κ3) is 5.29. The molecule has 1 saturated carbocycles. The SMILES string of the molecule is CN1CCN(C(=O)c2ccc(Nc3ncc(I)c(N[C@@H]4CCC[C@@H]4C(N)=O)n3)cc2)CC1. The molecule has 1 aromatic heterocycles. The van der Waals surface area contributed by atoms with Crippen molar-refractivity contribution in [2.45, 2.75) is 25.3 Å². The Bertz CT molecular complexity index is 977. The van der Waals surface area contributed by atoms with Crippen LogP contribution in [0.2, 0.25) is 0 Å². The predicted octanol–water partition coefficient (Wildman–Crippen LogP) is 2.28. The molecule has 4 N–H and O–H groups in total. The fourth-order valence-electron chi connectivity index (χ4n) is 4.19. The number of nitrogens with two attached hydrogens (primary N) is 1. The van der Waals surface area contributed by atoms with Gasteiger partial charge in [-0.05, 0) is 66.7 Å². The van der Waals surface area contributed by atoms with Crippen LogP contribution in [0, 0.1) is 9.49 Å². The molecule has 0 bridgehead atoms. The van der Waals surface area contributed by atoms with Gasteiger partial charge in [-0.25, -0.2) is 4.98 Å². The Labute approximate surface area is 201 Å². The zero-order valence-electron chi connectivity index (χ0n) is 18.1. The smallest absolute Gasteiger partial charge is 0.253 e. The largest absolute Gasteiger partial charge is 0.369 e. The summed E-state index contributed by atoms with van der Waals surface area (Å²) in [4.78, 5) is 37.5. The van der Waals surface area contributed by atoms with Crippen LogP contribution in [0.15, 0.2) is 30.5 Å². The van der Waals surface area contributed by atoms with Crippen LogP contribution in [-0.4, -0.2) is 70.9 Å². The molecule has 1 aliphatic carbocycles. The highest BCUT2D eigenvalue weighted by Crippen LogP contribution is 2.29. The van der Waals surface area contributed by atoms with Crippen molar-refractivity contribution < 1.29 is 9.59 Å². The Morgan fingerprint density at radius 2 is 1.84 bits per heavy atom. The number of primary amides is 1. The Morgan fingerprint density at radius 1 is 1.12 bits per heavy atom. The molecular weight excluding hydrogens is 521 g/mol. The van der Waals surface area contributed by atoms with Crippen LogP contribution >= 0.6 is 22.6 Å². The number of carbonyl (C=O) groups is 2. The molecule has 1 saturated heterocycles. The number of anilines is 3. The van der Waals surface area contributed by atoms with E-state index in [9.17, 15) is 9.59 Å². The van der Waals surface area contributed by atoms with Gasteiger partial charge in [0.1, 0.15) is 5.82 Å². The number of hydrogen-bond donors (Lipinski definition) is 3. The molecule has 1 aromatic carbocycles. The second kappa shape index (κ2) is 9.99. The molecule has 4 rings (SSSR count). The number of benzene rings is 1. The minimum atomic E-state index is -0.270. The van der Waals surface area contributed by atoms with Crippen molar-refractivity contribution in [2.24, 2.45) is 11.7 Å². The van der Waals surface area contributed by atoms with E-state index in [1.54, 1.807) is 6.20 Å². The van der Waals surface area contributed by atoms with E-state index in [0.29, 0.717) is 17.3 Å². The average Bonchev–Trinajstić information content (AvgIpc) is 3.25. The highest BCUT2D eigenvalue weighted by atomic mass is 127.